The number of benzene rings is 4. The number of rotatable bonds is 10. The Hall–Kier alpha value is -2.22. The summed E-state index contributed by atoms with van der Waals surface area (Å²) in [6, 6.07) is 36.5. The molecule has 0 heterocycles. The first-order chi connectivity index (χ1) is 25.0. The molecule has 0 aliphatic rings. The molecule has 0 aliphatic carbocycles. The molecule has 0 spiro atoms. The van der Waals surface area contributed by atoms with Gasteiger partial charge < -0.3 is 0 Å². The van der Waals surface area contributed by atoms with E-state index in [1.54, 1.807) is 0 Å². The molecule has 0 atom stereocenters. The van der Waals surface area contributed by atoms with Crippen LogP contribution in [0.4, 0.5) is 0 Å². The fraction of sp³-hybridized carbons (Fsp3) is 0.375. The Labute approximate surface area is 338 Å². The topological polar surface area (TPSA) is 0 Å². The molecule has 0 nitrogen and oxygen atoms in total. The van der Waals surface area contributed by atoms with Crippen LogP contribution in [0.2, 0.25) is 13.1 Å². The van der Waals surface area contributed by atoms with Crippen LogP contribution in [0.3, 0.4) is 0 Å². The first-order valence-electron chi connectivity index (χ1n) is 19.1. The van der Waals surface area contributed by atoms with Crippen LogP contribution in [0.5, 0.6) is 0 Å². The summed E-state index contributed by atoms with van der Waals surface area (Å²) in [5.74, 6) is 1.40. The van der Waals surface area contributed by atoms with E-state index in [4.69, 9.17) is 17.0 Å². The predicted octanol–water partition coefficient (Wildman–Crippen LogP) is 15.5. The third-order valence-corrected chi connectivity index (χ3v) is 9.23. The molecule has 6 aromatic carbocycles. The first-order valence-corrected chi connectivity index (χ1v) is 27.4. The summed E-state index contributed by atoms with van der Waals surface area (Å²) in [6.07, 6.45) is 6.97. The molecule has 6 rings (SSSR count). The van der Waals surface area contributed by atoms with E-state index in [9.17, 15) is 0 Å². The van der Waals surface area contributed by atoms with Crippen LogP contribution in [-0.2, 0) is 46.5 Å². The van der Waals surface area contributed by atoms with Crippen LogP contribution < -0.4 is 0 Å². The molecule has 0 N–H and O–H groups in total. The zero-order valence-corrected chi connectivity index (χ0v) is 38.4. The summed E-state index contributed by atoms with van der Waals surface area (Å²) in [4.78, 5) is 0. The quantitative estimate of drug-likeness (QED) is 0.0953. The summed E-state index contributed by atoms with van der Waals surface area (Å²) >= 11 is -0.826. The van der Waals surface area contributed by atoms with Crippen molar-refractivity contribution in [3.63, 3.8) is 0 Å². The Morgan fingerprint density at radius 3 is 1.25 bits per heavy atom. The SMILES string of the molecule is CCCc1ccc2[cH-]c(CC(C)C)cc2c1-c1ccccc1C.CCCc1ccc2[cH-]c(CC(C)C)cc2c1-c1ccccc1C.C[Si]C.[Cl][Zr+2][Cl]. The maximum absolute atomic E-state index is 4.93. The minimum atomic E-state index is -0.826. The van der Waals surface area contributed by atoms with E-state index in [1.165, 1.54) is 90.0 Å². The van der Waals surface area contributed by atoms with Gasteiger partial charge >= 0.3 is 37.9 Å². The molecule has 0 fully saturated rings. The van der Waals surface area contributed by atoms with E-state index in [0.29, 0.717) is 11.8 Å². The van der Waals surface area contributed by atoms with Crippen molar-refractivity contribution in [2.75, 3.05) is 0 Å². The van der Waals surface area contributed by atoms with Crippen molar-refractivity contribution >= 4 is 48.1 Å². The van der Waals surface area contributed by atoms with Gasteiger partial charge in [0.2, 0.25) is 0 Å². The number of hydrogen-bond acceptors (Lipinski definition) is 0. The fourth-order valence-electron chi connectivity index (χ4n) is 7.25. The zero-order chi connectivity index (χ0) is 38.2. The van der Waals surface area contributed by atoms with E-state index < -0.39 is 20.8 Å². The molecule has 0 saturated heterocycles. The molecule has 274 valence electrons. The summed E-state index contributed by atoms with van der Waals surface area (Å²) in [5.41, 5.74) is 14.3. The van der Waals surface area contributed by atoms with Gasteiger partial charge in [0.05, 0.1) is 0 Å². The molecule has 4 heteroatoms. The third-order valence-electron chi connectivity index (χ3n) is 9.23. The van der Waals surface area contributed by atoms with Gasteiger partial charge in [0.15, 0.2) is 0 Å². The standard InChI is InChI=1S/2C23H27.C2H6Si.2ClH.Zr/c2*1-5-8-19-11-12-20-14-18(13-16(2)3)15-22(20)23(19)21-10-7-6-9-17(21)4;1-3-2;;;/h2*6-7,9-12,14-16H,5,8,13H2,1-4H3;1-2H3;2*1H;/q2*-1;;;;+4/p-2. The predicted molar refractivity (Wildman–Crippen MR) is 234 cm³/mol. The molecular weight excluding hydrogens is 767 g/mol. The summed E-state index contributed by atoms with van der Waals surface area (Å²) < 4.78 is 0. The molecular formula is C48H60Cl2SiZr. The normalized spacial score (nSPS) is 10.7. The third kappa shape index (κ3) is 12.4. The van der Waals surface area contributed by atoms with Gasteiger partial charge in [-0.15, -0.1) is 69.1 Å². The first kappa shape index (κ1) is 44.2. The van der Waals surface area contributed by atoms with Crippen molar-refractivity contribution in [2.45, 2.75) is 107 Å². The van der Waals surface area contributed by atoms with Gasteiger partial charge in [-0.2, -0.15) is 12.1 Å². The molecule has 0 saturated carbocycles. The van der Waals surface area contributed by atoms with Crippen molar-refractivity contribution in [3.05, 3.63) is 130 Å². The fourth-order valence-corrected chi connectivity index (χ4v) is 7.25. The van der Waals surface area contributed by atoms with E-state index in [-0.39, 0.29) is 0 Å². The molecule has 0 aromatic heterocycles. The van der Waals surface area contributed by atoms with Crippen molar-refractivity contribution in [1.82, 2.24) is 0 Å². The van der Waals surface area contributed by atoms with Crippen LogP contribution in [-0.4, -0.2) is 9.52 Å². The average molecular weight is 827 g/mol. The van der Waals surface area contributed by atoms with Crippen molar-refractivity contribution in [1.29, 1.82) is 0 Å². The van der Waals surface area contributed by atoms with Crippen LogP contribution in [0.25, 0.3) is 43.8 Å². The Kier molecular flexibility index (Phi) is 19.4. The number of aryl methyl sites for hydroxylation is 4. The van der Waals surface area contributed by atoms with Gasteiger partial charge in [0.25, 0.3) is 0 Å². The van der Waals surface area contributed by atoms with Gasteiger partial charge in [-0.1, -0.05) is 138 Å². The second-order valence-corrected chi connectivity index (χ2v) is 19.6. The second kappa shape index (κ2) is 22.9. The van der Waals surface area contributed by atoms with E-state index in [2.05, 4.69) is 166 Å². The molecule has 0 bridgehead atoms. The van der Waals surface area contributed by atoms with E-state index in [0.717, 1.165) is 35.2 Å². The Balaban J connectivity index is 0.000000244. The zero-order valence-electron chi connectivity index (χ0n) is 33.4. The number of hydrogen-bond donors (Lipinski definition) is 0. The van der Waals surface area contributed by atoms with Crippen LogP contribution in [0.1, 0.15) is 87.8 Å². The molecule has 0 unspecified atom stereocenters. The number of halogens is 2. The van der Waals surface area contributed by atoms with Crippen molar-refractivity contribution in [3.8, 4) is 22.3 Å². The van der Waals surface area contributed by atoms with Crippen LogP contribution in [0, 0.1) is 25.7 Å². The van der Waals surface area contributed by atoms with Gasteiger partial charge in [-0.3, -0.25) is 0 Å². The Morgan fingerprint density at radius 2 is 0.942 bits per heavy atom. The monoisotopic (exact) mass is 824 g/mol. The average Bonchev–Trinajstić information content (AvgIpc) is 3.69. The molecule has 0 aliphatic heterocycles. The van der Waals surface area contributed by atoms with Gasteiger partial charge in [-0.25, -0.2) is 0 Å². The number of fused-ring (bicyclic) bond motifs is 2. The maximum atomic E-state index is 4.93. The summed E-state index contributed by atoms with van der Waals surface area (Å²) in [5, 5.41) is 5.64. The van der Waals surface area contributed by atoms with Crippen molar-refractivity contribution in [2.24, 2.45) is 11.8 Å². The molecule has 2 radical (unpaired) electrons. The molecule has 6 aromatic rings. The molecule has 52 heavy (non-hydrogen) atoms. The van der Waals surface area contributed by atoms with Crippen molar-refractivity contribution < 1.29 is 20.8 Å². The minimum absolute atomic E-state index is 0.698. The van der Waals surface area contributed by atoms with E-state index >= 15 is 0 Å². The Morgan fingerprint density at radius 1 is 0.596 bits per heavy atom. The van der Waals surface area contributed by atoms with Gasteiger partial charge in [-0.05, 0) is 73.6 Å². The van der Waals surface area contributed by atoms with Crippen LogP contribution >= 0.6 is 17.0 Å². The van der Waals surface area contributed by atoms with E-state index in [1.807, 2.05) is 0 Å². The summed E-state index contributed by atoms with van der Waals surface area (Å²) in [7, 11) is 11.0. The second-order valence-electron chi connectivity index (χ2n) is 14.8. The summed E-state index contributed by atoms with van der Waals surface area (Å²) in [6.45, 7) is 22.5. The Bertz CT molecular complexity index is 1800. The van der Waals surface area contributed by atoms with Crippen LogP contribution in [0.15, 0.2) is 97.1 Å². The van der Waals surface area contributed by atoms with Gasteiger partial charge in [0.1, 0.15) is 0 Å². The molecule has 0 amide bonds. The van der Waals surface area contributed by atoms with Gasteiger partial charge in [0, 0.05) is 9.52 Å².